The highest BCUT2D eigenvalue weighted by atomic mass is 16.6. The van der Waals surface area contributed by atoms with Crippen molar-refractivity contribution in [2.75, 3.05) is 0 Å². The van der Waals surface area contributed by atoms with Crippen LogP contribution in [0.3, 0.4) is 0 Å². The molecule has 0 bridgehead atoms. The fraction of sp³-hybridized carbons (Fsp3) is 0.500. The number of alkyl carbamates (subject to hydrolysis) is 1. The molecule has 0 saturated heterocycles. The largest absolute Gasteiger partial charge is 0.444 e. The van der Waals surface area contributed by atoms with E-state index < -0.39 is 47.9 Å². The molecule has 180 valence electrons. The zero-order valence-electron chi connectivity index (χ0n) is 20.1. The van der Waals surface area contributed by atoms with Gasteiger partial charge >= 0.3 is 6.09 Å². The molecule has 0 spiro atoms. The van der Waals surface area contributed by atoms with Crippen molar-refractivity contribution in [1.29, 1.82) is 0 Å². The number of hydrogen-bond donors (Lipinski definition) is 3. The lowest BCUT2D eigenvalue weighted by molar-refractivity contribution is -0.139. The first-order valence-electron chi connectivity index (χ1n) is 10.7. The van der Waals surface area contributed by atoms with Gasteiger partial charge in [0.15, 0.2) is 0 Å². The molecular formula is C24H34N4O5. The molecule has 9 heteroatoms. The molecule has 1 aromatic rings. The van der Waals surface area contributed by atoms with Crippen LogP contribution < -0.4 is 16.4 Å². The minimum atomic E-state index is -1.42. The van der Waals surface area contributed by atoms with Gasteiger partial charge in [-0.1, -0.05) is 37.6 Å². The van der Waals surface area contributed by atoms with Gasteiger partial charge in [-0.3, -0.25) is 19.3 Å². The summed E-state index contributed by atoms with van der Waals surface area (Å²) < 4.78 is 5.18. The van der Waals surface area contributed by atoms with E-state index in [9.17, 15) is 19.2 Å². The monoisotopic (exact) mass is 458 g/mol. The van der Waals surface area contributed by atoms with Gasteiger partial charge in [0.1, 0.15) is 17.7 Å². The first-order valence-corrected chi connectivity index (χ1v) is 10.7. The van der Waals surface area contributed by atoms with Crippen LogP contribution in [0.15, 0.2) is 24.3 Å². The second-order valence-electron chi connectivity index (χ2n) is 8.87. The molecule has 4 N–H and O–H groups in total. The summed E-state index contributed by atoms with van der Waals surface area (Å²) in [6, 6.07) is 6.52. The Balaban J connectivity index is 3.37. The van der Waals surface area contributed by atoms with Crippen LogP contribution in [0.4, 0.5) is 4.79 Å². The van der Waals surface area contributed by atoms with Crippen molar-refractivity contribution in [3.63, 3.8) is 0 Å². The Morgan fingerprint density at radius 1 is 1.12 bits per heavy atom. The SMILES string of the molecule is C#CN(C(=O)C(CC(N)=O)NC(=O)OC(C)(C)C)C(C(=O)NC(C)C)c1ccc(CC)cc1. The number of amides is 4. The molecule has 0 aliphatic carbocycles. The molecule has 9 nitrogen and oxygen atoms in total. The molecule has 1 aromatic carbocycles. The number of rotatable bonds is 9. The lowest BCUT2D eigenvalue weighted by atomic mass is 10.0. The van der Waals surface area contributed by atoms with Crippen LogP contribution in [0.2, 0.25) is 0 Å². The van der Waals surface area contributed by atoms with Gasteiger partial charge < -0.3 is 21.1 Å². The summed E-state index contributed by atoms with van der Waals surface area (Å²) in [5.41, 5.74) is 5.97. The topological polar surface area (TPSA) is 131 Å². The Bertz CT molecular complexity index is 897. The van der Waals surface area contributed by atoms with Crippen LogP contribution >= 0.6 is 0 Å². The van der Waals surface area contributed by atoms with Gasteiger partial charge in [-0.15, -0.1) is 0 Å². The van der Waals surface area contributed by atoms with E-state index in [1.807, 2.05) is 19.1 Å². The number of primary amides is 1. The number of carbonyl (C=O) groups is 4. The van der Waals surface area contributed by atoms with E-state index in [0.29, 0.717) is 5.56 Å². The van der Waals surface area contributed by atoms with Crippen LogP contribution in [0.25, 0.3) is 0 Å². The van der Waals surface area contributed by atoms with Crippen LogP contribution in [-0.2, 0) is 25.5 Å². The molecular weight excluding hydrogens is 424 g/mol. The summed E-state index contributed by atoms with van der Waals surface area (Å²) in [5, 5.41) is 5.10. The zero-order chi connectivity index (χ0) is 25.3. The smallest absolute Gasteiger partial charge is 0.408 e. The fourth-order valence-corrected chi connectivity index (χ4v) is 3.00. The number of carbonyl (C=O) groups excluding carboxylic acids is 4. The lowest BCUT2D eigenvalue weighted by Gasteiger charge is -2.30. The molecule has 0 aliphatic rings. The maximum atomic E-state index is 13.4. The Morgan fingerprint density at radius 3 is 2.12 bits per heavy atom. The van der Waals surface area contributed by atoms with Crippen molar-refractivity contribution < 1.29 is 23.9 Å². The highest BCUT2D eigenvalue weighted by molar-refractivity contribution is 5.95. The third-order valence-corrected chi connectivity index (χ3v) is 4.41. The molecule has 2 atom stereocenters. The summed E-state index contributed by atoms with van der Waals surface area (Å²) in [7, 11) is 0. The number of hydrogen-bond acceptors (Lipinski definition) is 5. The lowest BCUT2D eigenvalue weighted by Crippen LogP contribution is -2.53. The maximum absolute atomic E-state index is 13.4. The molecule has 4 amide bonds. The van der Waals surface area contributed by atoms with Crippen molar-refractivity contribution in [3.05, 3.63) is 35.4 Å². The number of nitrogens with two attached hydrogens (primary N) is 1. The maximum Gasteiger partial charge on any atom is 0.408 e. The third kappa shape index (κ3) is 8.85. The Kier molecular flexibility index (Phi) is 9.92. The minimum Gasteiger partial charge on any atom is -0.444 e. The third-order valence-electron chi connectivity index (χ3n) is 4.41. The van der Waals surface area contributed by atoms with E-state index in [2.05, 4.69) is 16.7 Å². The first kappa shape index (κ1) is 27.5. The second kappa shape index (κ2) is 11.9. The normalized spacial score (nSPS) is 12.8. The Morgan fingerprint density at radius 2 is 1.70 bits per heavy atom. The van der Waals surface area contributed by atoms with Gasteiger partial charge in [0.2, 0.25) is 11.8 Å². The van der Waals surface area contributed by atoms with Gasteiger partial charge in [0, 0.05) is 12.1 Å². The molecule has 33 heavy (non-hydrogen) atoms. The summed E-state index contributed by atoms with van der Waals surface area (Å²) in [6.45, 7) is 10.5. The Labute approximate surface area is 195 Å². The summed E-state index contributed by atoms with van der Waals surface area (Å²) in [6.07, 6.45) is 5.00. The van der Waals surface area contributed by atoms with Crippen molar-refractivity contribution in [1.82, 2.24) is 15.5 Å². The average molecular weight is 459 g/mol. The van der Waals surface area contributed by atoms with Crippen molar-refractivity contribution in [2.45, 2.75) is 78.1 Å². The fourth-order valence-electron chi connectivity index (χ4n) is 3.00. The van der Waals surface area contributed by atoms with Crippen LogP contribution in [0, 0.1) is 12.5 Å². The van der Waals surface area contributed by atoms with E-state index in [1.165, 1.54) is 0 Å². The first-order chi connectivity index (χ1) is 15.3. The molecule has 0 radical (unpaired) electrons. The second-order valence-corrected chi connectivity index (χ2v) is 8.87. The summed E-state index contributed by atoms with van der Waals surface area (Å²) >= 11 is 0. The predicted molar refractivity (Wildman–Crippen MR) is 124 cm³/mol. The van der Waals surface area contributed by atoms with Crippen LogP contribution in [0.1, 0.15) is 65.1 Å². The van der Waals surface area contributed by atoms with Gasteiger partial charge in [-0.25, -0.2) is 4.79 Å². The number of aryl methyl sites for hydroxylation is 1. The zero-order valence-corrected chi connectivity index (χ0v) is 20.1. The van der Waals surface area contributed by atoms with Crippen LogP contribution in [-0.4, -0.2) is 46.4 Å². The number of nitrogens with one attached hydrogen (secondary N) is 2. The molecule has 0 aliphatic heterocycles. The molecule has 0 heterocycles. The van der Waals surface area contributed by atoms with Gasteiger partial charge in [-0.2, -0.15) is 0 Å². The van der Waals surface area contributed by atoms with Crippen LogP contribution in [0.5, 0.6) is 0 Å². The van der Waals surface area contributed by atoms with Crippen molar-refractivity contribution in [3.8, 4) is 12.5 Å². The van der Waals surface area contributed by atoms with Gasteiger partial charge in [0.25, 0.3) is 5.91 Å². The number of ether oxygens (including phenoxy) is 1. The molecule has 2 unspecified atom stereocenters. The summed E-state index contributed by atoms with van der Waals surface area (Å²) in [5.74, 6) is -2.18. The van der Waals surface area contributed by atoms with E-state index in [0.717, 1.165) is 16.9 Å². The van der Waals surface area contributed by atoms with Crippen molar-refractivity contribution >= 4 is 23.8 Å². The van der Waals surface area contributed by atoms with E-state index in [4.69, 9.17) is 16.9 Å². The minimum absolute atomic E-state index is 0.217. The molecule has 0 fully saturated rings. The van der Waals surface area contributed by atoms with E-state index in [-0.39, 0.29) is 6.04 Å². The standard InChI is InChI=1S/C24H34N4O5/c1-8-16-10-12-17(13-11-16)20(21(30)26-15(3)4)28(9-2)22(31)18(14-19(25)29)27-23(32)33-24(5,6)7/h2,10-13,15,18,20H,8,14H2,1,3-7H3,(H2,25,29)(H,26,30)(H,27,32). The van der Waals surface area contributed by atoms with Crippen molar-refractivity contribution in [2.24, 2.45) is 5.73 Å². The molecule has 0 saturated carbocycles. The Hall–Kier alpha value is -3.54. The van der Waals surface area contributed by atoms with Gasteiger partial charge in [-0.05, 0) is 52.2 Å². The number of terminal acetylenes is 1. The van der Waals surface area contributed by atoms with Gasteiger partial charge in [0.05, 0.1) is 6.42 Å². The highest BCUT2D eigenvalue weighted by Gasteiger charge is 2.36. The predicted octanol–water partition coefficient (Wildman–Crippen LogP) is 2.00. The quantitative estimate of drug-likeness (QED) is 0.385. The number of nitrogens with zero attached hydrogens (tertiary/aromatic N) is 1. The molecule has 1 rings (SSSR count). The summed E-state index contributed by atoms with van der Waals surface area (Å²) in [4.78, 5) is 51.2. The van der Waals surface area contributed by atoms with E-state index >= 15 is 0 Å². The molecule has 0 aromatic heterocycles. The number of benzene rings is 1. The average Bonchev–Trinajstić information content (AvgIpc) is 2.68. The van der Waals surface area contributed by atoms with E-state index in [1.54, 1.807) is 46.8 Å². The highest BCUT2D eigenvalue weighted by Crippen LogP contribution is 2.23.